The third-order valence-corrected chi connectivity index (χ3v) is 1.48. The molecule has 0 radical (unpaired) electrons. The van der Waals surface area contributed by atoms with E-state index in [0.29, 0.717) is 11.5 Å². The second kappa shape index (κ2) is 3.30. The summed E-state index contributed by atoms with van der Waals surface area (Å²) in [4.78, 5) is 0. The lowest BCUT2D eigenvalue weighted by molar-refractivity contribution is 0.382. The van der Waals surface area contributed by atoms with Crippen LogP contribution in [0, 0.1) is 6.92 Å². The van der Waals surface area contributed by atoms with Gasteiger partial charge in [0.05, 0.1) is 5.76 Å². The third kappa shape index (κ3) is 1.78. The Morgan fingerprint density at radius 3 is 2.75 bits per heavy atom. The highest BCUT2D eigenvalue weighted by molar-refractivity contribution is 5.45. The van der Waals surface area contributed by atoms with Gasteiger partial charge >= 0.3 is 0 Å². The molecule has 0 aliphatic rings. The van der Waals surface area contributed by atoms with E-state index in [1.165, 1.54) is 0 Å². The van der Waals surface area contributed by atoms with E-state index in [-0.39, 0.29) is 5.75 Å². The topological polar surface area (TPSA) is 29.5 Å². The number of aromatic hydroxyl groups is 1. The van der Waals surface area contributed by atoms with E-state index in [0.717, 1.165) is 5.56 Å². The van der Waals surface area contributed by atoms with Crippen LogP contribution < -0.4 is 4.74 Å². The molecule has 0 bridgehead atoms. The van der Waals surface area contributed by atoms with Gasteiger partial charge in [-0.25, -0.2) is 0 Å². The van der Waals surface area contributed by atoms with Crippen molar-refractivity contribution in [1.29, 1.82) is 0 Å². The van der Waals surface area contributed by atoms with E-state index in [1.54, 1.807) is 13.0 Å². The zero-order chi connectivity index (χ0) is 9.14. The first kappa shape index (κ1) is 8.65. The number of phenols is 1. The van der Waals surface area contributed by atoms with E-state index >= 15 is 0 Å². The Balaban J connectivity index is 3.00. The predicted molar refractivity (Wildman–Crippen MR) is 48.3 cm³/mol. The van der Waals surface area contributed by atoms with Gasteiger partial charge in [0.15, 0.2) is 11.5 Å². The van der Waals surface area contributed by atoms with Gasteiger partial charge in [-0.1, -0.05) is 18.7 Å². The molecular formula is C10H12O2. The summed E-state index contributed by atoms with van der Waals surface area (Å²) in [7, 11) is 0. The Morgan fingerprint density at radius 1 is 1.50 bits per heavy atom. The molecule has 2 heteroatoms. The zero-order valence-electron chi connectivity index (χ0n) is 7.29. The molecule has 1 N–H and O–H groups in total. The summed E-state index contributed by atoms with van der Waals surface area (Å²) in [6.45, 7) is 7.15. The summed E-state index contributed by atoms with van der Waals surface area (Å²) in [5.74, 6) is 1.21. The van der Waals surface area contributed by atoms with Crippen LogP contribution in [-0.2, 0) is 0 Å². The summed E-state index contributed by atoms with van der Waals surface area (Å²) in [6.07, 6.45) is 0. The van der Waals surface area contributed by atoms with Crippen LogP contribution in [0.2, 0.25) is 0 Å². The number of ether oxygens (including phenoxy) is 1. The highest BCUT2D eigenvalue weighted by atomic mass is 16.5. The van der Waals surface area contributed by atoms with Crippen molar-refractivity contribution >= 4 is 0 Å². The van der Waals surface area contributed by atoms with Gasteiger partial charge in [-0.05, 0) is 25.5 Å². The first-order chi connectivity index (χ1) is 5.61. The number of allylic oxidation sites excluding steroid dienone is 1. The quantitative estimate of drug-likeness (QED) is 0.681. The Morgan fingerprint density at radius 2 is 2.17 bits per heavy atom. The SMILES string of the molecule is C=C(C)Oc1cccc(C)c1O. The van der Waals surface area contributed by atoms with Gasteiger partial charge in [0.25, 0.3) is 0 Å². The first-order valence-corrected chi connectivity index (χ1v) is 3.73. The molecule has 1 aromatic carbocycles. The van der Waals surface area contributed by atoms with Crippen LogP contribution in [0.4, 0.5) is 0 Å². The van der Waals surface area contributed by atoms with E-state index in [4.69, 9.17) is 4.74 Å². The Labute approximate surface area is 72.1 Å². The Kier molecular flexibility index (Phi) is 2.38. The van der Waals surface area contributed by atoms with Crippen molar-refractivity contribution < 1.29 is 9.84 Å². The Hall–Kier alpha value is -1.44. The molecule has 0 fully saturated rings. The number of aryl methyl sites for hydroxylation is 1. The molecule has 0 amide bonds. The van der Waals surface area contributed by atoms with E-state index < -0.39 is 0 Å². The van der Waals surface area contributed by atoms with Crippen LogP contribution in [0.15, 0.2) is 30.5 Å². The van der Waals surface area contributed by atoms with Crippen molar-refractivity contribution in [2.75, 3.05) is 0 Å². The van der Waals surface area contributed by atoms with Gasteiger partial charge in [0, 0.05) is 0 Å². The van der Waals surface area contributed by atoms with Gasteiger partial charge < -0.3 is 9.84 Å². The first-order valence-electron chi connectivity index (χ1n) is 3.73. The maximum atomic E-state index is 9.48. The van der Waals surface area contributed by atoms with Gasteiger partial charge in [0.1, 0.15) is 0 Å². The minimum atomic E-state index is 0.181. The number of benzene rings is 1. The van der Waals surface area contributed by atoms with Crippen molar-refractivity contribution in [2.24, 2.45) is 0 Å². The fourth-order valence-electron chi connectivity index (χ4n) is 0.902. The molecule has 0 spiro atoms. The van der Waals surface area contributed by atoms with Crippen LogP contribution in [0.5, 0.6) is 11.5 Å². The lowest BCUT2D eigenvalue weighted by Crippen LogP contribution is -1.89. The van der Waals surface area contributed by atoms with E-state index in [9.17, 15) is 5.11 Å². The molecule has 1 rings (SSSR count). The largest absolute Gasteiger partial charge is 0.504 e. The second-order valence-electron chi connectivity index (χ2n) is 2.73. The fraction of sp³-hybridized carbons (Fsp3) is 0.200. The van der Waals surface area contributed by atoms with Crippen LogP contribution in [0.3, 0.4) is 0 Å². The summed E-state index contributed by atoms with van der Waals surface area (Å²) in [6, 6.07) is 5.35. The predicted octanol–water partition coefficient (Wildman–Crippen LogP) is 2.61. The molecular weight excluding hydrogens is 152 g/mol. The molecule has 1 aromatic rings. The molecule has 12 heavy (non-hydrogen) atoms. The zero-order valence-corrected chi connectivity index (χ0v) is 7.29. The summed E-state index contributed by atoms with van der Waals surface area (Å²) >= 11 is 0. The Bertz CT molecular complexity index is 303. The molecule has 0 aliphatic heterocycles. The molecule has 0 aromatic heterocycles. The van der Waals surface area contributed by atoms with Crippen LogP contribution in [0.1, 0.15) is 12.5 Å². The highest BCUT2D eigenvalue weighted by Crippen LogP contribution is 2.29. The van der Waals surface area contributed by atoms with Gasteiger partial charge in [-0.3, -0.25) is 0 Å². The van der Waals surface area contributed by atoms with Gasteiger partial charge in [-0.2, -0.15) is 0 Å². The van der Waals surface area contributed by atoms with Gasteiger partial charge in [-0.15, -0.1) is 0 Å². The van der Waals surface area contributed by atoms with Gasteiger partial charge in [0.2, 0.25) is 0 Å². The summed E-state index contributed by atoms with van der Waals surface area (Å²) < 4.78 is 5.18. The molecule has 2 nitrogen and oxygen atoms in total. The molecule has 0 atom stereocenters. The second-order valence-corrected chi connectivity index (χ2v) is 2.73. The normalized spacial score (nSPS) is 9.50. The average molecular weight is 164 g/mol. The lowest BCUT2D eigenvalue weighted by Gasteiger charge is -2.07. The van der Waals surface area contributed by atoms with Crippen molar-refractivity contribution in [3.8, 4) is 11.5 Å². The van der Waals surface area contributed by atoms with Crippen LogP contribution in [0.25, 0.3) is 0 Å². The minimum absolute atomic E-state index is 0.181. The van der Waals surface area contributed by atoms with Crippen LogP contribution >= 0.6 is 0 Å². The molecule has 64 valence electrons. The number of hydrogen-bond acceptors (Lipinski definition) is 2. The van der Waals surface area contributed by atoms with Crippen molar-refractivity contribution in [3.05, 3.63) is 36.1 Å². The monoisotopic (exact) mass is 164 g/mol. The maximum Gasteiger partial charge on any atom is 0.168 e. The third-order valence-electron chi connectivity index (χ3n) is 1.48. The van der Waals surface area contributed by atoms with Crippen LogP contribution in [-0.4, -0.2) is 5.11 Å². The minimum Gasteiger partial charge on any atom is -0.504 e. The average Bonchev–Trinajstić information content (AvgIpc) is 1.98. The molecule has 0 heterocycles. The smallest absolute Gasteiger partial charge is 0.168 e. The van der Waals surface area contributed by atoms with E-state index in [2.05, 4.69) is 6.58 Å². The molecule has 0 unspecified atom stereocenters. The number of rotatable bonds is 2. The molecule has 0 aliphatic carbocycles. The molecule has 0 saturated heterocycles. The fourth-order valence-corrected chi connectivity index (χ4v) is 0.902. The number of phenolic OH excluding ortho intramolecular Hbond substituents is 1. The summed E-state index contributed by atoms with van der Waals surface area (Å²) in [5, 5.41) is 9.48. The lowest BCUT2D eigenvalue weighted by atomic mass is 10.2. The molecule has 0 saturated carbocycles. The van der Waals surface area contributed by atoms with Crippen molar-refractivity contribution in [3.63, 3.8) is 0 Å². The summed E-state index contributed by atoms with van der Waals surface area (Å²) in [5.41, 5.74) is 0.800. The van der Waals surface area contributed by atoms with E-state index in [1.807, 2.05) is 19.1 Å². The maximum absolute atomic E-state index is 9.48. The highest BCUT2D eigenvalue weighted by Gasteiger charge is 2.03. The standard InChI is InChI=1S/C10H12O2/c1-7(2)12-9-6-4-5-8(3)10(9)11/h4-6,11H,1H2,2-3H3. The number of hydrogen-bond donors (Lipinski definition) is 1. The van der Waals surface area contributed by atoms with Crippen molar-refractivity contribution in [2.45, 2.75) is 13.8 Å². The number of para-hydroxylation sites is 1. The van der Waals surface area contributed by atoms with Crippen molar-refractivity contribution in [1.82, 2.24) is 0 Å².